The fourth-order valence-corrected chi connectivity index (χ4v) is 3.47. The minimum Gasteiger partial charge on any atom is -0.359 e. The second kappa shape index (κ2) is 6.05. The van der Waals surface area contributed by atoms with Gasteiger partial charge in [-0.15, -0.1) is 0 Å². The fourth-order valence-electron chi connectivity index (χ4n) is 3.34. The zero-order valence-electron chi connectivity index (χ0n) is 13.5. The number of nitrogens with zero attached hydrogens (tertiary/aromatic N) is 2. The van der Waals surface area contributed by atoms with Gasteiger partial charge in [-0.1, -0.05) is 28.9 Å². The summed E-state index contributed by atoms with van der Waals surface area (Å²) in [6.45, 7) is 7.91. The maximum absolute atomic E-state index is 5.96. The van der Waals surface area contributed by atoms with Gasteiger partial charge in [0.05, 0.1) is 12.2 Å². The molecule has 0 saturated carbocycles. The normalized spacial score (nSPS) is 19.7. The van der Waals surface area contributed by atoms with Crippen LogP contribution in [0.1, 0.15) is 56.5 Å². The van der Waals surface area contributed by atoms with E-state index in [1.165, 1.54) is 17.5 Å². The Kier molecular flexibility index (Phi) is 4.28. The molecule has 1 aliphatic rings. The van der Waals surface area contributed by atoms with Crippen LogP contribution in [0.4, 0.5) is 0 Å². The SMILES string of the molecule is CC(C)(C)N1CCC[C@@H]1c1oncc1Cc1ccc(Cl)cc1. The molecule has 1 fully saturated rings. The molecule has 1 aromatic carbocycles. The van der Waals surface area contributed by atoms with Crippen molar-refractivity contribution in [1.82, 2.24) is 10.1 Å². The summed E-state index contributed by atoms with van der Waals surface area (Å²) >= 11 is 5.96. The Morgan fingerprint density at radius 1 is 1.27 bits per heavy atom. The molecule has 3 rings (SSSR count). The molecule has 0 bridgehead atoms. The van der Waals surface area contributed by atoms with E-state index in [0.717, 1.165) is 30.2 Å². The summed E-state index contributed by atoms with van der Waals surface area (Å²) in [5, 5.41) is 4.84. The number of benzene rings is 1. The van der Waals surface area contributed by atoms with Crippen LogP contribution >= 0.6 is 11.6 Å². The first-order valence-electron chi connectivity index (χ1n) is 7.90. The Balaban J connectivity index is 1.84. The monoisotopic (exact) mass is 318 g/mol. The van der Waals surface area contributed by atoms with Crippen molar-refractivity contribution in [1.29, 1.82) is 0 Å². The lowest BCUT2D eigenvalue weighted by atomic mass is 9.99. The Morgan fingerprint density at radius 2 is 2.00 bits per heavy atom. The van der Waals surface area contributed by atoms with Crippen LogP contribution in [0.3, 0.4) is 0 Å². The first-order chi connectivity index (χ1) is 10.4. The predicted octanol–water partition coefficient (Wildman–Crippen LogP) is 4.85. The molecule has 22 heavy (non-hydrogen) atoms. The van der Waals surface area contributed by atoms with Crippen molar-refractivity contribution in [2.24, 2.45) is 0 Å². The molecule has 0 unspecified atom stereocenters. The van der Waals surface area contributed by atoms with Crippen LogP contribution in [0.2, 0.25) is 5.02 Å². The number of hydrogen-bond acceptors (Lipinski definition) is 3. The van der Waals surface area contributed by atoms with Gasteiger partial charge in [0.1, 0.15) is 0 Å². The van der Waals surface area contributed by atoms with Crippen LogP contribution in [0.15, 0.2) is 35.0 Å². The lowest BCUT2D eigenvalue weighted by Gasteiger charge is -2.36. The second-order valence-electron chi connectivity index (χ2n) is 7.04. The first kappa shape index (κ1) is 15.6. The van der Waals surface area contributed by atoms with Gasteiger partial charge >= 0.3 is 0 Å². The lowest BCUT2D eigenvalue weighted by Crippen LogP contribution is -2.40. The molecule has 2 heterocycles. The van der Waals surface area contributed by atoms with Crippen LogP contribution in [-0.4, -0.2) is 22.1 Å². The van der Waals surface area contributed by atoms with E-state index in [9.17, 15) is 0 Å². The van der Waals surface area contributed by atoms with Gasteiger partial charge in [-0.3, -0.25) is 4.90 Å². The molecule has 1 aliphatic heterocycles. The number of rotatable bonds is 3. The molecule has 2 aromatic rings. The summed E-state index contributed by atoms with van der Waals surface area (Å²) in [6.07, 6.45) is 5.05. The maximum Gasteiger partial charge on any atom is 0.157 e. The molecule has 1 atom stereocenters. The van der Waals surface area contributed by atoms with Crippen molar-refractivity contribution in [3.8, 4) is 0 Å². The summed E-state index contributed by atoms with van der Waals surface area (Å²) in [4.78, 5) is 2.53. The minimum atomic E-state index is 0.144. The van der Waals surface area contributed by atoms with E-state index in [1.54, 1.807) is 0 Å². The van der Waals surface area contributed by atoms with Crippen LogP contribution < -0.4 is 0 Å². The highest BCUT2D eigenvalue weighted by Crippen LogP contribution is 2.38. The van der Waals surface area contributed by atoms with Crippen molar-refractivity contribution in [2.45, 2.75) is 51.6 Å². The van der Waals surface area contributed by atoms with Crippen LogP contribution in [0.5, 0.6) is 0 Å². The highest BCUT2D eigenvalue weighted by molar-refractivity contribution is 6.30. The number of likely N-dealkylation sites (tertiary alicyclic amines) is 1. The molecule has 1 saturated heterocycles. The Hall–Kier alpha value is -1.32. The van der Waals surface area contributed by atoms with E-state index < -0.39 is 0 Å². The van der Waals surface area contributed by atoms with Crippen molar-refractivity contribution in [2.75, 3.05) is 6.54 Å². The van der Waals surface area contributed by atoms with Crippen LogP contribution in [0, 0.1) is 0 Å². The van der Waals surface area contributed by atoms with Crippen molar-refractivity contribution >= 4 is 11.6 Å². The van der Waals surface area contributed by atoms with Crippen molar-refractivity contribution < 1.29 is 4.52 Å². The van der Waals surface area contributed by atoms with Crippen LogP contribution in [0.25, 0.3) is 0 Å². The maximum atomic E-state index is 5.96. The quantitative estimate of drug-likeness (QED) is 0.809. The van der Waals surface area contributed by atoms with E-state index >= 15 is 0 Å². The molecular weight excluding hydrogens is 296 g/mol. The average molecular weight is 319 g/mol. The minimum absolute atomic E-state index is 0.144. The second-order valence-corrected chi connectivity index (χ2v) is 7.48. The molecule has 3 nitrogen and oxygen atoms in total. The zero-order chi connectivity index (χ0) is 15.7. The van der Waals surface area contributed by atoms with Gasteiger partial charge in [0.2, 0.25) is 0 Å². The van der Waals surface area contributed by atoms with Gasteiger partial charge in [0.25, 0.3) is 0 Å². The third kappa shape index (κ3) is 3.21. The van der Waals surface area contributed by atoms with Gasteiger partial charge in [-0.25, -0.2) is 0 Å². The summed E-state index contributed by atoms with van der Waals surface area (Å²) in [7, 11) is 0. The Bertz CT molecular complexity index is 627. The third-order valence-electron chi connectivity index (χ3n) is 4.40. The van der Waals surface area contributed by atoms with Gasteiger partial charge in [0, 0.05) is 22.5 Å². The average Bonchev–Trinajstić information content (AvgIpc) is 3.08. The van der Waals surface area contributed by atoms with E-state index in [-0.39, 0.29) is 5.54 Å². The molecule has 0 aliphatic carbocycles. The number of hydrogen-bond donors (Lipinski definition) is 0. The van der Waals surface area contributed by atoms with E-state index in [0.29, 0.717) is 6.04 Å². The molecule has 0 radical (unpaired) electrons. The van der Waals surface area contributed by atoms with E-state index in [1.807, 2.05) is 18.3 Å². The van der Waals surface area contributed by atoms with E-state index in [2.05, 4.69) is 43.0 Å². The summed E-state index contributed by atoms with van der Waals surface area (Å²) in [5.41, 5.74) is 2.56. The smallest absolute Gasteiger partial charge is 0.157 e. The van der Waals surface area contributed by atoms with Gasteiger partial charge < -0.3 is 4.52 Å². The van der Waals surface area contributed by atoms with Crippen LogP contribution in [-0.2, 0) is 6.42 Å². The van der Waals surface area contributed by atoms with Gasteiger partial charge in [-0.2, -0.15) is 0 Å². The summed E-state index contributed by atoms with van der Waals surface area (Å²) < 4.78 is 5.65. The molecule has 0 spiro atoms. The Labute approximate surface area is 137 Å². The summed E-state index contributed by atoms with van der Waals surface area (Å²) in [6, 6.07) is 8.33. The molecule has 0 amide bonds. The van der Waals surface area contributed by atoms with Gasteiger partial charge in [0.15, 0.2) is 5.76 Å². The topological polar surface area (TPSA) is 29.3 Å². The standard InChI is InChI=1S/C18H23ClN2O/c1-18(2,3)21-10-4-5-16(21)17-14(12-20-22-17)11-13-6-8-15(19)9-7-13/h6-9,12,16H,4-5,10-11H2,1-3H3/t16-/m1/s1. The van der Waals surface area contributed by atoms with Crippen molar-refractivity contribution in [3.63, 3.8) is 0 Å². The number of halogens is 1. The summed E-state index contributed by atoms with van der Waals surface area (Å²) in [5.74, 6) is 1.03. The molecular formula is C18H23ClN2O. The first-order valence-corrected chi connectivity index (χ1v) is 8.27. The van der Waals surface area contributed by atoms with E-state index in [4.69, 9.17) is 16.1 Å². The largest absolute Gasteiger partial charge is 0.359 e. The predicted molar refractivity (Wildman–Crippen MR) is 89.2 cm³/mol. The van der Waals surface area contributed by atoms with Gasteiger partial charge in [-0.05, 0) is 57.9 Å². The highest BCUT2D eigenvalue weighted by Gasteiger charge is 2.37. The third-order valence-corrected chi connectivity index (χ3v) is 4.65. The number of aromatic nitrogens is 1. The molecule has 4 heteroatoms. The Morgan fingerprint density at radius 3 is 2.68 bits per heavy atom. The highest BCUT2D eigenvalue weighted by atomic mass is 35.5. The zero-order valence-corrected chi connectivity index (χ0v) is 14.2. The fraction of sp³-hybridized carbons (Fsp3) is 0.500. The molecule has 118 valence electrons. The lowest BCUT2D eigenvalue weighted by molar-refractivity contribution is 0.104. The molecule has 0 N–H and O–H groups in total. The molecule has 1 aromatic heterocycles. The van der Waals surface area contributed by atoms with Crippen molar-refractivity contribution in [3.05, 3.63) is 52.4 Å².